The van der Waals surface area contributed by atoms with Crippen LogP contribution in [-0.4, -0.2) is 92.1 Å². The lowest BCUT2D eigenvalue weighted by Gasteiger charge is -2.68. The topological polar surface area (TPSA) is 131 Å². The number of hydrogen-bond acceptors (Lipinski definition) is 10. The SMILES string of the molecule is CC1(C)C(c2ccc(C(=O)O[C@H]3C[C@@H](O)C[C@@H](C(=O)OCc4ccccc4)O3)cc2)=CC[C@@]2(C)C1CC[C@@]1(C)C3CC[C@@]4(NCCN5CCS(=O)(=O)CC5)CCCC4[C@H]3CCC12. The van der Waals surface area contributed by atoms with Crippen molar-refractivity contribution < 1.29 is 37.3 Å². The van der Waals surface area contributed by atoms with Gasteiger partial charge in [-0.05, 0) is 132 Å². The molecule has 4 saturated carbocycles. The Kier molecular flexibility index (Phi) is 12.1. The van der Waals surface area contributed by atoms with E-state index in [-0.39, 0.29) is 35.8 Å². The quantitative estimate of drug-likeness (QED) is 0.227. The summed E-state index contributed by atoms with van der Waals surface area (Å²) in [5, 5.41) is 14.7. The second-order valence-electron chi connectivity index (χ2n) is 21.4. The summed E-state index contributed by atoms with van der Waals surface area (Å²) < 4.78 is 41.0. The number of fused-ring (bicyclic) bond motifs is 7. The number of carbonyl (C=O) groups excluding carboxylic acids is 2. The van der Waals surface area contributed by atoms with Crippen LogP contribution in [0.5, 0.6) is 0 Å². The number of aliphatic hydroxyl groups is 1. The molecule has 5 aliphatic carbocycles. The molecule has 2 aromatic carbocycles. The molecule has 2 N–H and O–H groups in total. The van der Waals surface area contributed by atoms with E-state index in [1.807, 2.05) is 54.6 Å². The molecule has 0 bridgehead atoms. The summed E-state index contributed by atoms with van der Waals surface area (Å²) in [7, 11) is -2.86. The number of rotatable bonds is 10. The Morgan fingerprint density at radius 3 is 2.37 bits per heavy atom. The molecule has 0 aromatic heterocycles. The van der Waals surface area contributed by atoms with Crippen LogP contribution in [0.1, 0.15) is 126 Å². The van der Waals surface area contributed by atoms with Crippen LogP contribution in [-0.2, 0) is 35.4 Å². The Morgan fingerprint density at radius 1 is 0.855 bits per heavy atom. The van der Waals surface area contributed by atoms with Crippen LogP contribution in [0.2, 0.25) is 0 Å². The number of benzene rings is 2. The van der Waals surface area contributed by atoms with Gasteiger partial charge in [-0.3, -0.25) is 0 Å². The van der Waals surface area contributed by atoms with Gasteiger partial charge in [-0.15, -0.1) is 0 Å². The van der Waals surface area contributed by atoms with Gasteiger partial charge < -0.3 is 29.5 Å². The van der Waals surface area contributed by atoms with Crippen molar-refractivity contribution in [2.45, 2.75) is 135 Å². The number of sulfone groups is 1. The maximum absolute atomic E-state index is 13.4. The Hall–Kier alpha value is -3.09. The molecule has 6 fully saturated rings. The van der Waals surface area contributed by atoms with Gasteiger partial charge in [0.25, 0.3) is 0 Å². The average Bonchev–Trinajstić information content (AvgIpc) is 3.68. The molecule has 4 unspecified atom stereocenters. The van der Waals surface area contributed by atoms with Crippen molar-refractivity contribution in [2.24, 2.45) is 45.8 Å². The monoisotopic (exact) mass is 870 g/mol. The number of hydrogen-bond donors (Lipinski definition) is 2. The Morgan fingerprint density at radius 2 is 1.61 bits per heavy atom. The minimum absolute atomic E-state index is 0.0426. The Bertz CT molecular complexity index is 2090. The number of nitrogens with one attached hydrogen (secondary N) is 1. The molecule has 2 aliphatic heterocycles. The lowest BCUT2D eigenvalue weighted by Crippen LogP contribution is -2.63. The summed E-state index contributed by atoms with van der Waals surface area (Å²) in [6.45, 7) is 13.6. The highest BCUT2D eigenvalue weighted by Crippen LogP contribution is 2.72. The van der Waals surface area contributed by atoms with E-state index < -0.39 is 40.3 Å². The van der Waals surface area contributed by atoms with E-state index in [2.05, 4.69) is 44.0 Å². The molecule has 62 heavy (non-hydrogen) atoms. The van der Waals surface area contributed by atoms with Crippen LogP contribution in [0.3, 0.4) is 0 Å². The van der Waals surface area contributed by atoms with Crippen molar-refractivity contribution in [1.29, 1.82) is 0 Å². The number of carbonyl (C=O) groups is 2. The van der Waals surface area contributed by atoms with Crippen LogP contribution >= 0.6 is 0 Å². The Labute approximate surface area is 369 Å². The third-order valence-corrected chi connectivity index (χ3v) is 19.5. The number of ether oxygens (including phenoxy) is 3. The third kappa shape index (κ3) is 8.24. The summed E-state index contributed by atoms with van der Waals surface area (Å²) in [5.74, 6) is 3.00. The zero-order valence-corrected chi connectivity index (χ0v) is 38.3. The van der Waals surface area contributed by atoms with Crippen LogP contribution < -0.4 is 5.32 Å². The minimum atomic E-state index is -2.86. The molecular formula is C51H70N2O8S. The highest BCUT2D eigenvalue weighted by Gasteiger charge is 2.65. The first-order valence-electron chi connectivity index (χ1n) is 23.8. The van der Waals surface area contributed by atoms with Crippen molar-refractivity contribution in [3.05, 3.63) is 77.4 Å². The Balaban J connectivity index is 0.830. The predicted octanol–water partition coefficient (Wildman–Crippen LogP) is 7.98. The molecule has 7 aliphatic rings. The zero-order chi connectivity index (χ0) is 43.5. The minimum Gasteiger partial charge on any atom is -0.459 e. The maximum Gasteiger partial charge on any atom is 0.340 e. The molecule has 11 atom stereocenters. The second-order valence-corrected chi connectivity index (χ2v) is 23.7. The number of allylic oxidation sites excluding steroid dienone is 2. The lowest BCUT2D eigenvalue weighted by atomic mass is 9.37. The fraction of sp³-hybridized carbons (Fsp3) is 0.686. The molecule has 2 saturated heterocycles. The van der Waals surface area contributed by atoms with Crippen molar-refractivity contribution >= 4 is 27.3 Å². The van der Waals surface area contributed by atoms with Crippen LogP contribution in [0.15, 0.2) is 60.7 Å². The summed E-state index contributed by atoms with van der Waals surface area (Å²) in [6.07, 6.45) is 12.5. The first-order valence-corrected chi connectivity index (χ1v) is 25.7. The predicted molar refractivity (Wildman–Crippen MR) is 239 cm³/mol. The molecule has 0 spiro atoms. The molecule has 0 radical (unpaired) electrons. The van der Waals surface area contributed by atoms with Gasteiger partial charge in [-0.25, -0.2) is 18.0 Å². The van der Waals surface area contributed by atoms with Crippen molar-refractivity contribution in [3.8, 4) is 0 Å². The highest BCUT2D eigenvalue weighted by atomic mass is 32.2. The lowest BCUT2D eigenvalue weighted by molar-refractivity contribution is -0.208. The fourth-order valence-electron chi connectivity index (χ4n) is 14.9. The van der Waals surface area contributed by atoms with Gasteiger partial charge >= 0.3 is 11.9 Å². The largest absolute Gasteiger partial charge is 0.459 e. The van der Waals surface area contributed by atoms with E-state index in [1.54, 1.807) is 0 Å². The molecule has 2 heterocycles. The zero-order valence-electron chi connectivity index (χ0n) is 37.5. The van der Waals surface area contributed by atoms with Crippen LogP contribution in [0.4, 0.5) is 0 Å². The van der Waals surface area contributed by atoms with E-state index in [0.717, 1.165) is 48.4 Å². The van der Waals surface area contributed by atoms with Crippen molar-refractivity contribution in [1.82, 2.24) is 10.2 Å². The van der Waals surface area contributed by atoms with Gasteiger partial charge in [0.15, 0.2) is 15.9 Å². The summed E-state index contributed by atoms with van der Waals surface area (Å²) >= 11 is 0. The molecule has 2 aromatic rings. The molecule has 338 valence electrons. The van der Waals surface area contributed by atoms with E-state index in [0.29, 0.717) is 47.4 Å². The van der Waals surface area contributed by atoms with Gasteiger partial charge in [0.05, 0.1) is 23.2 Å². The summed E-state index contributed by atoms with van der Waals surface area (Å²) in [4.78, 5) is 28.5. The number of nitrogens with zero attached hydrogens (tertiary/aromatic N) is 1. The molecule has 0 amide bonds. The molecule has 10 nitrogen and oxygen atoms in total. The normalized spacial score (nSPS) is 38.6. The first-order chi connectivity index (χ1) is 29.6. The van der Waals surface area contributed by atoms with Crippen LogP contribution in [0.25, 0.3) is 5.57 Å². The third-order valence-electron chi connectivity index (χ3n) is 17.9. The number of aliphatic hydroxyl groups excluding tert-OH is 1. The maximum atomic E-state index is 13.4. The molecule has 9 rings (SSSR count). The van der Waals surface area contributed by atoms with Crippen LogP contribution in [0, 0.1) is 45.8 Å². The fourth-order valence-corrected chi connectivity index (χ4v) is 16.2. The average molecular weight is 871 g/mol. The van der Waals surface area contributed by atoms with Crippen molar-refractivity contribution in [2.75, 3.05) is 37.7 Å². The van der Waals surface area contributed by atoms with Gasteiger partial charge in [0.2, 0.25) is 6.29 Å². The van der Waals surface area contributed by atoms with Gasteiger partial charge in [0.1, 0.15) is 6.61 Å². The van der Waals surface area contributed by atoms with E-state index in [1.165, 1.54) is 63.4 Å². The molecular weight excluding hydrogens is 801 g/mol. The highest BCUT2D eigenvalue weighted by molar-refractivity contribution is 7.91. The van der Waals surface area contributed by atoms with E-state index in [9.17, 15) is 23.1 Å². The molecule has 11 heteroatoms. The smallest absolute Gasteiger partial charge is 0.340 e. The standard InChI is InChI=1S/C51H70N2O8S/c1-48(2)39(35-12-14-36(15-13-35)46(55)61-45-32-37(54)31-42(60-45)47(56)59-33-34-9-6-5-7-10-34)18-22-50(4)43(48)20-23-49(3)40-19-24-51(21-8-11-41(51)38(40)16-17-44(49)50)52-25-26-53-27-29-62(57,58)30-28-53/h5-7,9-10,12-15,18,37-38,40-45,52,54H,8,11,16-17,19-33H2,1-4H3/t37-,38-,40?,41?,42-,43?,44?,45-,49-,50-,51-/m0/s1. The number of esters is 2. The van der Waals surface area contributed by atoms with Gasteiger partial charge in [0, 0.05) is 44.6 Å². The van der Waals surface area contributed by atoms with Crippen molar-refractivity contribution in [3.63, 3.8) is 0 Å². The van der Waals surface area contributed by atoms with E-state index in [4.69, 9.17) is 14.2 Å². The first kappa shape index (κ1) is 44.1. The van der Waals surface area contributed by atoms with Gasteiger partial charge in [-0.2, -0.15) is 0 Å². The van der Waals surface area contributed by atoms with Gasteiger partial charge in [-0.1, -0.05) is 82.7 Å². The second kappa shape index (κ2) is 17.0. The summed E-state index contributed by atoms with van der Waals surface area (Å²) in [5.41, 5.74) is 4.51. The summed E-state index contributed by atoms with van der Waals surface area (Å²) in [6, 6.07) is 17.1. The van der Waals surface area contributed by atoms with E-state index >= 15 is 0 Å².